The fourth-order valence-electron chi connectivity index (χ4n) is 3.68. The highest BCUT2D eigenvalue weighted by Gasteiger charge is 2.29. The molecule has 5 rings (SSSR count). The minimum Gasteiger partial charge on any atom is -0.475 e. The Balaban J connectivity index is 1.78. The van der Waals surface area contributed by atoms with Crippen molar-refractivity contribution >= 4 is 34.9 Å². The van der Waals surface area contributed by atoms with E-state index in [1.807, 2.05) is 66.1 Å². The highest BCUT2D eigenvalue weighted by molar-refractivity contribution is 6.31. The van der Waals surface area contributed by atoms with Crippen LogP contribution in [-0.4, -0.2) is 32.4 Å². The number of aromatic nitrogens is 3. The van der Waals surface area contributed by atoms with E-state index in [2.05, 4.69) is 13.8 Å². The van der Waals surface area contributed by atoms with Gasteiger partial charge in [0.2, 0.25) is 11.7 Å². The van der Waals surface area contributed by atoms with Crippen LogP contribution in [0.5, 0.6) is 0 Å². The zero-order valence-electron chi connectivity index (χ0n) is 17.4. The Morgan fingerprint density at radius 2 is 1.52 bits per heavy atom. The normalized spacial score (nSPS) is 15.2. The molecule has 0 radical (unpaired) electrons. The molecule has 0 unspecified atom stereocenters. The van der Waals surface area contributed by atoms with Crippen molar-refractivity contribution in [3.05, 3.63) is 76.0 Å². The van der Waals surface area contributed by atoms with Gasteiger partial charge in [0.25, 0.3) is 0 Å². The maximum absolute atomic E-state index is 6.14. The van der Waals surface area contributed by atoms with Gasteiger partial charge in [0.1, 0.15) is 6.61 Å². The van der Waals surface area contributed by atoms with Crippen LogP contribution in [0.1, 0.15) is 25.1 Å². The second kappa shape index (κ2) is 7.36. The minimum absolute atomic E-state index is 0.251. The van der Waals surface area contributed by atoms with E-state index in [0.29, 0.717) is 28.3 Å². The molecule has 5 nitrogen and oxygen atoms in total. The number of rotatable bonds is 3. The van der Waals surface area contributed by atoms with Crippen molar-refractivity contribution in [1.29, 1.82) is 0 Å². The summed E-state index contributed by atoms with van der Waals surface area (Å²) in [6.07, 6.45) is 2.01. The molecule has 0 spiro atoms. The van der Waals surface area contributed by atoms with Crippen molar-refractivity contribution in [2.75, 3.05) is 6.61 Å². The molecule has 1 aliphatic rings. The first-order chi connectivity index (χ1) is 14.8. The third-order valence-corrected chi connectivity index (χ3v) is 5.74. The average Bonchev–Trinajstić information content (AvgIpc) is 3.28. The molecule has 0 amide bonds. The molecule has 156 valence electrons. The lowest BCUT2D eigenvalue weighted by molar-refractivity contribution is 0.279. The molecule has 0 saturated carbocycles. The molecule has 0 fully saturated rings. The van der Waals surface area contributed by atoms with Gasteiger partial charge in [0.15, 0.2) is 0 Å². The highest BCUT2D eigenvalue weighted by Crippen LogP contribution is 2.34. The van der Waals surface area contributed by atoms with Crippen molar-refractivity contribution in [2.45, 2.75) is 26.3 Å². The summed E-state index contributed by atoms with van der Waals surface area (Å²) in [5.74, 6) is 1.22. The van der Waals surface area contributed by atoms with Gasteiger partial charge in [0, 0.05) is 27.4 Å². The van der Waals surface area contributed by atoms with Gasteiger partial charge in [-0.25, -0.2) is 15.0 Å². The Morgan fingerprint density at radius 3 is 2.10 bits per heavy atom. The van der Waals surface area contributed by atoms with Crippen molar-refractivity contribution in [3.8, 4) is 22.5 Å². The zero-order chi connectivity index (χ0) is 21.8. The summed E-state index contributed by atoms with van der Waals surface area (Å²) in [7, 11) is 0. The van der Waals surface area contributed by atoms with Crippen LogP contribution < -0.4 is 0 Å². The van der Waals surface area contributed by atoms with Gasteiger partial charge in [-0.1, -0.05) is 47.5 Å². The Kier molecular flexibility index (Phi) is 4.76. The van der Waals surface area contributed by atoms with Gasteiger partial charge >= 0.3 is 0 Å². The summed E-state index contributed by atoms with van der Waals surface area (Å²) in [5, 5.41) is 1.35. The number of fused-ring (bicyclic) bond motifs is 1. The molecule has 0 bridgehead atoms. The van der Waals surface area contributed by atoms with E-state index in [4.69, 9.17) is 42.9 Å². The number of hydrogen-bond donors (Lipinski definition) is 0. The first-order valence-electron chi connectivity index (χ1n) is 9.95. The molecule has 0 aliphatic carbocycles. The number of benzene rings is 2. The Bertz CT molecular complexity index is 1320. The van der Waals surface area contributed by atoms with Crippen LogP contribution in [0.2, 0.25) is 10.0 Å². The molecule has 1 aliphatic heterocycles. The topological polar surface area (TPSA) is 51.8 Å². The molecule has 3 heterocycles. The van der Waals surface area contributed by atoms with Crippen molar-refractivity contribution in [3.63, 3.8) is 0 Å². The number of aliphatic imine (C=N–C) groups is 1. The second-order valence-electron chi connectivity index (χ2n) is 8.25. The number of ether oxygens (including phenoxy) is 1. The van der Waals surface area contributed by atoms with Crippen LogP contribution >= 0.6 is 23.2 Å². The number of hydrogen-bond acceptors (Lipinski definition) is 4. The van der Waals surface area contributed by atoms with E-state index in [9.17, 15) is 0 Å². The summed E-state index contributed by atoms with van der Waals surface area (Å²) < 4.78 is 7.89. The predicted molar refractivity (Wildman–Crippen MR) is 125 cm³/mol. The van der Waals surface area contributed by atoms with Crippen molar-refractivity contribution < 1.29 is 4.74 Å². The van der Waals surface area contributed by atoms with E-state index in [0.717, 1.165) is 33.8 Å². The van der Waals surface area contributed by atoms with E-state index in [1.54, 1.807) is 0 Å². The summed E-state index contributed by atoms with van der Waals surface area (Å²) in [6.45, 7) is 6.60. The van der Waals surface area contributed by atoms with Crippen LogP contribution in [-0.2, 0) is 4.74 Å². The zero-order valence-corrected chi connectivity index (χ0v) is 18.9. The molecule has 0 saturated heterocycles. The van der Waals surface area contributed by atoms with E-state index in [1.165, 1.54) is 0 Å². The fourth-order valence-corrected chi connectivity index (χ4v) is 3.93. The molecule has 2 aromatic carbocycles. The maximum atomic E-state index is 6.14. The molecule has 7 heteroatoms. The van der Waals surface area contributed by atoms with E-state index >= 15 is 0 Å². The standard InChI is InChI=1S/C24H20Cl2N4O/c1-14-19(22-29-24(2,3)13-31-22)12-30-21(16-6-10-18(26)11-7-16)20(28-23(30)27-14)15-4-8-17(25)9-5-15/h4-12H,13H2,1-3H3. The third-order valence-electron chi connectivity index (χ3n) is 5.24. The monoisotopic (exact) mass is 450 g/mol. The van der Waals surface area contributed by atoms with Gasteiger partial charge in [0.05, 0.1) is 28.2 Å². The molecular formula is C24H20Cl2N4O. The average molecular weight is 451 g/mol. The second-order valence-corrected chi connectivity index (χ2v) is 9.12. The largest absolute Gasteiger partial charge is 0.475 e. The minimum atomic E-state index is -0.251. The van der Waals surface area contributed by atoms with Crippen LogP contribution in [0.25, 0.3) is 28.3 Å². The van der Waals surface area contributed by atoms with Gasteiger partial charge in [-0.15, -0.1) is 0 Å². The molecule has 0 atom stereocenters. The highest BCUT2D eigenvalue weighted by atomic mass is 35.5. The molecular weight excluding hydrogens is 431 g/mol. The summed E-state index contributed by atoms with van der Waals surface area (Å²) in [5.41, 5.74) is 5.09. The third kappa shape index (κ3) is 3.68. The first-order valence-corrected chi connectivity index (χ1v) is 10.7. The van der Waals surface area contributed by atoms with Gasteiger partial charge in [-0.3, -0.25) is 4.40 Å². The smallest absolute Gasteiger partial charge is 0.235 e. The first kappa shape index (κ1) is 20.0. The summed E-state index contributed by atoms with van der Waals surface area (Å²) in [4.78, 5) is 14.4. The number of imidazole rings is 1. The summed E-state index contributed by atoms with van der Waals surface area (Å²) >= 11 is 12.3. The number of nitrogens with zero attached hydrogens (tertiary/aromatic N) is 4. The maximum Gasteiger partial charge on any atom is 0.235 e. The Hall–Kier alpha value is -2.89. The van der Waals surface area contributed by atoms with E-state index < -0.39 is 0 Å². The lowest BCUT2D eigenvalue weighted by atomic mass is 10.0. The molecule has 2 aromatic heterocycles. The van der Waals surface area contributed by atoms with Crippen molar-refractivity contribution in [1.82, 2.24) is 14.4 Å². The molecule has 31 heavy (non-hydrogen) atoms. The van der Waals surface area contributed by atoms with Crippen LogP contribution in [0.4, 0.5) is 0 Å². The molecule has 0 N–H and O–H groups in total. The quantitative estimate of drug-likeness (QED) is 0.371. The SMILES string of the molecule is Cc1nc2nc(-c3ccc(Cl)cc3)c(-c3ccc(Cl)cc3)n2cc1C1=NC(C)(C)CO1. The van der Waals surface area contributed by atoms with Gasteiger partial charge in [-0.2, -0.15) is 0 Å². The fraction of sp³-hybridized carbons (Fsp3) is 0.208. The summed E-state index contributed by atoms with van der Waals surface area (Å²) in [6, 6.07) is 15.4. The Morgan fingerprint density at radius 1 is 0.903 bits per heavy atom. The van der Waals surface area contributed by atoms with Gasteiger partial charge in [-0.05, 0) is 45.0 Å². The van der Waals surface area contributed by atoms with Crippen LogP contribution in [0.3, 0.4) is 0 Å². The van der Waals surface area contributed by atoms with E-state index in [-0.39, 0.29) is 5.54 Å². The predicted octanol–water partition coefficient (Wildman–Crippen LogP) is 6.23. The lowest BCUT2D eigenvalue weighted by Crippen LogP contribution is -2.17. The molecule has 4 aromatic rings. The number of aryl methyl sites for hydroxylation is 1. The number of halogens is 2. The van der Waals surface area contributed by atoms with Crippen molar-refractivity contribution in [2.24, 2.45) is 4.99 Å². The van der Waals surface area contributed by atoms with Crippen LogP contribution in [0.15, 0.2) is 59.7 Å². The lowest BCUT2D eigenvalue weighted by Gasteiger charge is -2.09. The Labute approximate surface area is 190 Å². The van der Waals surface area contributed by atoms with Crippen LogP contribution in [0, 0.1) is 6.92 Å². The van der Waals surface area contributed by atoms with Gasteiger partial charge < -0.3 is 4.74 Å².